The number of pyridine rings is 2. The molecule has 0 unspecified atom stereocenters. The summed E-state index contributed by atoms with van der Waals surface area (Å²) in [6, 6.07) is 30.7. The molecule has 0 atom stereocenters. The van der Waals surface area contributed by atoms with E-state index in [0.29, 0.717) is 16.9 Å². The lowest BCUT2D eigenvalue weighted by Crippen LogP contribution is -2.15. The van der Waals surface area contributed by atoms with Crippen molar-refractivity contribution in [2.24, 2.45) is 0 Å². The Hall–Kier alpha value is -4.51. The fourth-order valence-electron chi connectivity index (χ4n) is 3.60. The van der Waals surface area contributed by atoms with Crippen molar-refractivity contribution in [1.29, 1.82) is 0 Å². The zero-order chi connectivity index (χ0) is 29.7. The number of nitrogen functional groups attached to an aromatic ring is 1. The highest BCUT2D eigenvalue weighted by molar-refractivity contribution is 7.92. The topological polar surface area (TPSA) is 141 Å². The number of hydrogen-bond donors (Lipinski definition) is 2. The number of nitrogens with two attached hydrogens (primary N) is 1. The number of nitrogens with one attached hydrogen (secondary N) is 1. The van der Waals surface area contributed by atoms with Gasteiger partial charge in [-0.3, -0.25) is 24.8 Å². The molecule has 0 radical (unpaired) electrons. The van der Waals surface area contributed by atoms with E-state index in [2.05, 4.69) is 14.7 Å². The highest BCUT2D eigenvalue weighted by Crippen LogP contribution is 2.30. The zero-order valence-electron chi connectivity index (χ0n) is 21.5. The molecule has 0 aliphatic rings. The predicted octanol–water partition coefficient (Wildman–Crippen LogP) is 7.21. The maximum atomic E-state index is 12.7. The van der Waals surface area contributed by atoms with E-state index < -0.39 is 25.5 Å². The Morgan fingerprint density at radius 3 is 1.78 bits per heavy atom. The Kier molecular flexibility index (Phi) is 11.6. The van der Waals surface area contributed by atoms with Gasteiger partial charge in [0.05, 0.1) is 27.3 Å². The molecular formula is C29H25Cl2N5O4S. The van der Waals surface area contributed by atoms with Gasteiger partial charge >= 0.3 is 0 Å². The van der Waals surface area contributed by atoms with Crippen molar-refractivity contribution in [3.05, 3.63) is 132 Å². The van der Waals surface area contributed by atoms with Crippen LogP contribution in [-0.4, -0.2) is 28.6 Å². The molecule has 210 valence electrons. The molecule has 5 rings (SSSR count). The molecule has 9 nitrogen and oxygen atoms in total. The Bertz CT molecular complexity index is 1680. The van der Waals surface area contributed by atoms with E-state index in [4.69, 9.17) is 28.9 Å². The van der Waals surface area contributed by atoms with E-state index in [9.17, 15) is 18.5 Å². The van der Waals surface area contributed by atoms with E-state index in [1.54, 1.807) is 54.9 Å². The molecule has 2 aromatic heterocycles. The van der Waals surface area contributed by atoms with E-state index in [0.717, 1.165) is 23.0 Å². The van der Waals surface area contributed by atoms with E-state index in [-0.39, 0.29) is 5.34 Å². The van der Waals surface area contributed by atoms with Crippen LogP contribution in [0, 0.1) is 10.1 Å². The predicted molar refractivity (Wildman–Crippen MR) is 164 cm³/mol. The van der Waals surface area contributed by atoms with Crippen LogP contribution in [0.5, 0.6) is 0 Å². The van der Waals surface area contributed by atoms with Gasteiger partial charge in [-0.1, -0.05) is 60.7 Å². The lowest BCUT2D eigenvalue weighted by Gasteiger charge is -2.12. The molecule has 0 saturated heterocycles. The molecule has 3 aromatic carbocycles. The summed E-state index contributed by atoms with van der Waals surface area (Å²) in [5.41, 5.74) is 9.45. The monoisotopic (exact) mass is 609 g/mol. The van der Waals surface area contributed by atoms with Crippen LogP contribution in [-0.2, 0) is 10.0 Å². The minimum atomic E-state index is -4.14. The van der Waals surface area contributed by atoms with Gasteiger partial charge in [0.25, 0.3) is 15.7 Å². The molecule has 2 heterocycles. The van der Waals surface area contributed by atoms with Gasteiger partial charge in [0.2, 0.25) is 0 Å². The highest BCUT2D eigenvalue weighted by Gasteiger charge is 2.26. The third-order valence-corrected chi connectivity index (χ3v) is 6.78. The van der Waals surface area contributed by atoms with Crippen LogP contribution in [0.3, 0.4) is 0 Å². The summed E-state index contributed by atoms with van der Waals surface area (Å²) in [5.74, 6) is 0. The van der Waals surface area contributed by atoms with Crippen molar-refractivity contribution in [3.8, 4) is 22.5 Å². The average molecular weight is 611 g/mol. The van der Waals surface area contributed by atoms with Gasteiger partial charge in [0, 0.05) is 35.3 Å². The van der Waals surface area contributed by atoms with Gasteiger partial charge in [-0.25, -0.2) is 8.42 Å². The third kappa shape index (κ3) is 8.74. The molecule has 0 spiro atoms. The molecule has 3 N–H and O–H groups in total. The minimum Gasteiger partial charge on any atom is -0.398 e. The van der Waals surface area contributed by atoms with Crippen molar-refractivity contribution in [3.63, 3.8) is 0 Å². The summed E-state index contributed by atoms with van der Waals surface area (Å²) in [7, 11) is -4.14. The van der Waals surface area contributed by atoms with Crippen molar-refractivity contribution in [2.75, 3.05) is 15.8 Å². The van der Waals surface area contributed by atoms with Gasteiger partial charge in [-0.2, -0.15) is 0 Å². The summed E-state index contributed by atoms with van der Waals surface area (Å²) >= 11 is 9.53. The second-order valence-electron chi connectivity index (χ2n) is 7.99. The normalized spacial score (nSPS) is 10.3. The number of rotatable bonds is 6. The molecule has 0 fully saturated rings. The summed E-state index contributed by atoms with van der Waals surface area (Å²) in [6.45, 7) is 0. The van der Waals surface area contributed by atoms with Gasteiger partial charge < -0.3 is 5.73 Å². The lowest BCUT2D eigenvalue weighted by molar-refractivity contribution is -0.387. The number of anilines is 2. The van der Waals surface area contributed by atoms with E-state index in [1.165, 1.54) is 18.2 Å². The molecule has 0 amide bonds. The number of nitro groups is 1. The maximum Gasteiger partial charge on any atom is 0.289 e. The first-order valence-electron chi connectivity index (χ1n) is 11.9. The quantitative estimate of drug-likeness (QED) is 0.0896. The van der Waals surface area contributed by atoms with Crippen LogP contribution in [0.4, 0.5) is 17.1 Å². The molecule has 0 saturated carbocycles. The van der Waals surface area contributed by atoms with Crippen molar-refractivity contribution in [2.45, 2.75) is 4.90 Å². The zero-order valence-corrected chi connectivity index (χ0v) is 23.8. The molecular weight excluding hydrogens is 585 g/mol. The molecule has 5 aromatic rings. The molecule has 0 bridgehead atoms. The van der Waals surface area contributed by atoms with Crippen LogP contribution in [0.1, 0.15) is 0 Å². The van der Waals surface area contributed by atoms with Gasteiger partial charge in [0.15, 0.2) is 4.90 Å². The molecule has 12 heteroatoms. The Labute approximate surface area is 247 Å². The number of nitrogens with zero attached hydrogens (tertiary/aromatic N) is 3. The lowest BCUT2D eigenvalue weighted by atomic mass is 10.1. The summed E-state index contributed by atoms with van der Waals surface area (Å²) < 4.78 is 27.8. The Morgan fingerprint density at radius 1 is 0.732 bits per heavy atom. The third-order valence-electron chi connectivity index (χ3n) is 5.37. The molecule has 0 aliphatic carbocycles. The van der Waals surface area contributed by atoms with Crippen LogP contribution in [0.15, 0.2) is 126 Å². The smallest absolute Gasteiger partial charge is 0.289 e. The number of aromatic nitrogens is 2. The number of benzene rings is 3. The number of sulfonamides is 1. The first-order chi connectivity index (χ1) is 19.8. The Morgan fingerprint density at radius 2 is 1.22 bits per heavy atom. The van der Waals surface area contributed by atoms with Crippen LogP contribution in [0.25, 0.3) is 22.5 Å². The first-order valence-corrected chi connectivity index (χ1v) is 14.5. The van der Waals surface area contributed by atoms with Gasteiger partial charge in [0.1, 0.15) is 0 Å². The van der Waals surface area contributed by atoms with Gasteiger partial charge in [-0.15, -0.1) is 23.2 Å². The largest absolute Gasteiger partial charge is 0.398 e. The molecule has 0 aliphatic heterocycles. The highest BCUT2D eigenvalue weighted by atomic mass is 35.5. The second kappa shape index (κ2) is 15.3. The fourth-order valence-corrected chi connectivity index (χ4v) is 4.86. The standard InChI is InChI=1S/C17H13N3O4S.C11H10N2.CH2Cl2/c21-20(22)16-10-3-4-11-17(16)25(23,24)19-15-9-2-1-7-13(15)14-8-5-6-12-18-14;12-10-6-2-1-5-9(10)11-7-3-4-8-13-11;2-1-3/h1-12,19H;1-8H,12H2;1H2. The summed E-state index contributed by atoms with van der Waals surface area (Å²) in [6.07, 6.45) is 3.37. The van der Waals surface area contributed by atoms with Crippen molar-refractivity contribution < 1.29 is 13.3 Å². The number of halogens is 2. The number of para-hydroxylation sites is 3. The SMILES string of the molecule is ClCCl.Nc1ccccc1-c1ccccn1.O=[N+]([O-])c1ccccc1S(=O)(=O)Nc1ccccc1-c1ccccn1. The number of hydrogen-bond acceptors (Lipinski definition) is 7. The second-order valence-corrected chi connectivity index (χ2v) is 10.5. The summed E-state index contributed by atoms with van der Waals surface area (Å²) in [5, 5.41) is 11.3. The van der Waals surface area contributed by atoms with Crippen LogP contribution < -0.4 is 10.5 Å². The maximum absolute atomic E-state index is 12.7. The van der Waals surface area contributed by atoms with E-state index >= 15 is 0 Å². The van der Waals surface area contributed by atoms with E-state index in [1.807, 2.05) is 42.5 Å². The number of alkyl halides is 2. The molecule has 41 heavy (non-hydrogen) atoms. The Balaban J connectivity index is 0.000000241. The first kappa shape index (κ1) is 31.0. The average Bonchev–Trinajstić information content (AvgIpc) is 2.99. The minimum absolute atomic E-state index is 0.194. The summed E-state index contributed by atoms with van der Waals surface area (Å²) in [4.78, 5) is 18.4. The van der Waals surface area contributed by atoms with Gasteiger partial charge in [-0.05, 0) is 42.5 Å². The van der Waals surface area contributed by atoms with Crippen LogP contribution >= 0.6 is 23.2 Å². The van der Waals surface area contributed by atoms with Crippen LogP contribution in [0.2, 0.25) is 0 Å². The fraction of sp³-hybridized carbons (Fsp3) is 0.0345. The number of nitro benzene ring substituents is 1. The van der Waals surface area contributed by atoms with Crippen molar-refractivity contribution in [1.82, 2.24) is 9.97 Å². The van der Waals surface area contributed by atoms with Crippen molar-refractivity contribution >= 4 is 50.3 Å².